The van der Waals surface area contributed by atoms with E-state index in [4.69, 9.17) is 10.3 Å². The van der Waals surface area contributed by atoms with Gasteiger partial charge in [-0.05, 0) is 6.92 Å². The molecular weight excluding hydrogens is 240 g/mol. The third-order valence-corrected chi connectivity index (χ3v) is 3.06. The van der Waals surface area contributed by atoms with E-state index in [1.165, 1.54) is 11.9 Å². The minimum atomic E-state index is -1.04. The van der Waals surface area contributed by atoms with Crippen molar-refractivity contribution in [3.63, 3.8) is 0 Å². The monoisotopic (exact) mass is 254 g/mol. The molecule has 0 aliphatic carbocycles. The van der Waals surface area contributed by atoms with Gasteiger partial charge in [0.25, 0.3) is 5.91 Å². The summed E-state index contributed by atoms with van der Waals surface area (Å²) in [5.41, 5.74) is 1.33. The molecule has 0 bridgehead atoms. The zero-order valence-corrected chi connectivity index (χ0v) is 10.0. The number of nitrogens with one attached hydrogen (secondary N) is 1. The second-order valence-corrected chi connectivity index (χ2v) is 4.32. The molecule has 1 atom stereocenters. The zero-order chi connectivity index (χ0) is 13.4. The first kappa shape index (κ1) is 12.4. The molecule has 8 nitrogen and oxygen atoms in total. The number of carbonyl (C=O) groups excluding carboxylic acids is 1. The van der Waals surface area contributed by atoms with Crippen LogP contribution in [0.15, 0.2) is 0 Å². The first-order valence-corrected chi connectivity index (χ1v) is 5.44. The summed E-state index contributed by atoms with van der Waals surface area (Å²) in [6, 6.07) is -0.176. The summed E-state index contributed by atoms with van der Waals surface area (Å²) in [5.74, 6) is -0.660. The Labute approximate surface area is 103 Å². The fourth-order valence-electron chi connectivity index (χ4n) is 2.06. The number of carboxylic acid groups (broad SMARTS) is 1. The van der Waals surface area contributed by atoms with Crippen molar-refractivity contribution in [2.45, 2.75) is 25.9 Å². The van der Waals surface area contributed by atoms with Gasteiger partial charge in [0.05, 0.1) is 6.54 Å². The maximum atomic E-state index is 11.7. The lowest BCUT2D eigenvalue weighted by molar-refractivity contribution is -0.0381. The van der Waals surface area contributed by atoms with E-state index in [0.29, 0.717) is 17.0 Å². The lowest BCUT2D eigenvalue weighted by Crippen LogP contribution is -2.42. The molecule has 2 amide bonds. The predicted octanol–water partition coefficient (Wildman–Crippen LogP) is 0.295. The van der Waals surface area contributed by atoms with Crippen molar-refractivity contribution in [3.8, 4) is 0 Å². The third-order valence-electron chi connectivity index (χ3n) is 3.06. The van der Waals surface area contributed by atoms with E-state index in [1.54, 1.807) is 6.92 Å². The van der Waals surface area contributed by atoms with Gasteiger partial charge < -0.3 is 10.0 Å². The van der Waals surface area contributed by atoms with Crippen LogP contribution in [0.25, 0.3) is 0 Å². The Balaban J connectivity index is 2.36. The largest absolute Gasteiger partial charge is 0.465 e. The summed E-state index contributed by atoms with van der Waals surface area (Å²) in [7, 11) is 1.20. The highest BCUT2D eigenvalue weighted by molar-refractivity contribution is 5.93. The number of nitrogens with zero attached hydrogens (tertiary/aromatic N) is 3. The standard InChI is InChI=1S/C10H14N4O4/c1-5-3-7-6(4-14(5)10(16)17)8(12-11-7)9(15)13(2)18/h5,18H,3-4H2,1-2H3,(H,11,12)(H,16,17)/t5-/m1/s1. The van der Waals surface area contributed by atoms with Crippen molar-refractivity contribution in [1.29, 1.82) is 0 Å². The minimum absolute atomic E-state index is 0.0631. The Morgan fingerprint density at radius 3 is 2.78 bits per heavy atom. The Morgan fingerprint density at radius 1 is 1.56 bits per heavy atom. The molecule has 2 heterocycles. The van der Waals surface area contributed by atoms with Gasteiger partial charge in [0.1, 0.15) is 0 Å². The summed E-state index contributed by atoms with van der Waals surface area (Å²) in [5, 5.41) is 25.2. The van der Waals surface area contributed by atoms with E-state index in [2.05, 4.69) is 10.2 Å². The molecule has 1 aliphatic rings. The van der Waals surface area contributed by atoms with Crippen LogP contribution in [0.2, 0.25) is 0 Å². The van der Waals surface area contributed by atoms with Crippen LogP contribution in [-0.2, 0) is 13.0 Å². The first-order chi connectivity index (χ1) is 8.41. The topological polar surface area (TPSA) is 110 Å². The number of aromatic nitrogens is 2. The smallest absolute Gasteiger partial charge is 0.407 e. The molecule has 1 aromatic rings. The highest BCUT2D eigenvalue weighted by Crippen LogP contribution is 2.24. The van der Waals surface area contributed by atoms with Crippen LogP contribution in [0.4, 0.5) is 4.79 Å². The zero-order valence-electron chi connectivity index (χ0n) is 10.0. The van der Waals surface area contributed by atoms with Crippen LogP contribution in [0.1, 0.15) is 28.7 Å². The van der Waals surface area contributed by atoms with Crippen LogP contribution in [-0.4, -0.2) is 55.6 Å². The molecule has 1 aromatic heterocycles. The number of hydrogen-bond donors (Lipinski definition) is 3. The first-order valence-electron chi connectivity index (χ1n) is 5.44. The van der Waals surface area contributed by atoms with Gasteiger partial charge in [-0.25, -0.2) is 9.86 Å². The summed E-state index contributed by atoms with van der Waals surface area (Å²) >= 11 is 0. The van der Waals surface area contributed by atoms with Crippen LogP contribution < -0.4 is 0 Å². The Morgan fingerprint density at radius 2 is 2.22 bits per heavy atom. The fraction of sp³-hybridized carbons (Fsp3) is 0.500. The van der Waals surface area contributed by atoms with Gasteiger partial charge in [0, 0.05) is 30.8 Å². The maximum Gasteiger partial charge on any atom is 0.407 e. The highest BCUT2D eigenvalue weighted by Gasteiger charge is 2.32. The Kier molecular flexibility index (Phi) is 2.95. The number of hydrogen-bond acceptors (Lipinski definition) is 4. The average molecular weight is 254 g/mol. The number of fused-ring (bicyclic) bond motifs is 1. The van der Waals surface area contributed by atoms with E-state index < -0.39 is 12.0 Å². The number of H-pyrrole nitrogens is 1. The van der Waals surface area contributed by atoms with Crippen molar-refractivity contribution in [3.05, 3.63) is 17.0 Å². The van der Waals surface area contributed by atoms with Crippen molar-refractivity contribution < 1.29 is 19.9 Å². The SMILES string of the molecule is C[C@@H]1Cc2[nH]nc(C(=O)N(C)O)c2CN1C(=O)O. The quantitative estimate of drug-likeness (QED) is 0.493. The molecule has 0 saturated carbocycles. The van der Waals surface area contributed by atoms with Crippen molar-refractivity contribution in [2.24, 2.45) is 0 Å². The summed E-state index contributed by atoms with van der Waals surface area (Å²) < 4.78 is 0. The molecule has 2 rings (SSSR count). The average Bonchev–Trinajstić information content (AvgIpc) is 2.68. The predicted molar refractivity (Wildman–Crippen MR) is 59.2 cm³/mol. The molecule has 98 valence electrons. The normalized spacial score (nSPS) is 18.4. The van der Waals surface area contributed by atoms with E-state index in [-0.39, 0.29) is 18.3 Å². The molecular formula is C10H14N4O4. The summed E-state index contributed by atoms with van der Waals surface area (Å²) in [4.78, 5) is 24.0. The van der Waals surface area contributed by atoms with Crippen LogP contribution in [0, 0.1) is 0 Å². The van der Waals surface area contributed by atoms with E-state index in [0.717, 1.165) is 5.69 Å². The van der Waals surface area contributed by atoms with E-state index in [9.17, 15) is 9.59 Å². The van der Waals surface area contributed by atoms with Crippen LogP contribution in [0.3, 0.4) is 0 Å². The molecule has 1 aliphatic heterocycles. The van der Waals surface area contributed by atoms with Gasteiger partial charge >= 0.3 is 6.09 Å². The highest BCUT2D eigenvalue weighted by atomic mass is 16.5. The summed E-state index contributed by atoms with van der Waals surface area (Å²) in [6.45, 7) is 1.88. The molecule has 0 unspecified atom stereocenters. The molecule has 0 radical (unpaired) electrons. The Bertz CT molecular complexity index is 496. The number of aromatic amines is 1. The van der Waals surface area contributed by atoms with Crippen LogP contribution >= 0.6 is 0 Å². The number of hydroxylamine groups is 2. The van der Waals surface area contributed by atoms with Gasteiger partial charge in [0.2, 0.25) is 0 Å². The molecule has 0 aromatic carbocycles. The third kappa shape index (κ3) is 1.90. The molecule has 18 heavy (non-hydrogen) atoms. The van der Waals surface area contributed by atoms with Gasteiger partial charge in [-0.1, -0.05) is 0 Å². The molecule has 0 fully saturated rings. The minimum Gasteiger partial charge on any atom is -0.465 e. The number of rotatable bonds is 1. The lowest BCUT2D eigenvalue weighted by Gasteiger charge is -2.30. The molecule has 0 spiro atoms. The second-order valence-electron chi connectivity index (χ2n) is 4.32. The van der Waals surface area contributed by atoms with Gasteiger partial charge in [-0.2, -0.15) is 5.10 Å². The molecule has 8 heteroatoms. The van der Waals surface area contributed by atoms with Crippen molar-refractivity contribution >= 4 is 12.0 Å². The number of carbonyl (C=O) groups is 2. The maximum absolute atomic E-state index is 11.7. The number of amides is 2. The van der Waals surface area contributed by atoms with E-state index in [1.807, 2.05) is 0 Å². The molecule has 3 N–H and O–H groups in total. The second kappa shape index (κ2) is 4.30. The van der Waals surface area contributed by atoms with Gasteiger partial charge in [-0.3, -0.25) is 15.1 Å². The fourth-order valence-corrected chi connectivity index (χ4v) is 2.06. The van der Waals surface area contributed by atoms with Gasteiger partial charge in [0.15, 0.2) is 5.69 Å². The van der Waals surface area contributed by atoms with E-state index >= 15 is 0 Å². The van der Waals surface area contributed by atoms with Crippen molar-refractivity contribution in [2.75, 3.05) is 7.05 Å². The molecule has 0 saturated heterocycles. The van der Waals surface area contributed by atoms with Crippen molar-refractivity contribution in [1.82, 2.24) is 20.2 Å². The lowest BCUT2D eigenvalue weighted by atomic mass is 10.00. The summed E-state index contributed by atoms with van der Waals surface area (Å²) in [6.07, 6.45) is -0.568. The van der Waals surface area contributed by atoms with Gasteiger partial charge in [-0.15, -0.1) is 0 Å². The van der Waals surface area contributed by atoms with Crippen LogP contribution in [0.5, 0.6) is 0 Å². The Hall–Kier alpha value is -2.09.